The molecular formula is C11H18O3. The van der Waals surface area contributed by atoms with Crippen molar-refractivity contribution in [3.8, 4) is 0 Å². The number of aldehydes is 1. The Hall–Kier alpha value is -1.12. The van der Waals surface area contributed by atoms with Gasteiger partial charge < -0.3 is 9.53 Å². The summed E-state index contributed by atoms with van der Waals surface area (Å²) in [6.07, 6.45) is 5.11. The van der Waals surface area contributed by atoms with Crippen LogP contribution in [-0.4, -0.2) is 19.4 Å². The predicted molar refractivity (Wildman–Crippen MR) is 54.9 cm³/mol. The van der Waals surface area contributed by atoms with E-state index in [1.165, 1.54) is 7.11 Å². The van der Waals surface area contributed by atoms with Gasteiger partial charge >= 0.3 is 5.97 Å². The lowest BCUT2D eigenvalue weighted by Crippen LogP contribution is -2.01. The molecular weight excluding hydrogens is 180 g/mol. The average Bonchev–Trinajstić information content (AvgIpc) is 2.16. The summed E-state index contributed by atoms with van der Waals surface area (Å²) in [7, 11) is 1.37. The zero-order valence-electron chi connectivity index (χ0n) is 9.08. The topological polar surface area (TPSA) is 43.4 Å². The highest BCUT2D eigenvalue weighted by molar-refractivity contribution is 5.87. The van der Waals surface area contributed by atoms with Gasteiger partial charge in [0.1, 0.15) is 6.29 Å². The van der Waals surface area contributed by atoms with Gasteiger partial charge in [-0.2, -0.15) is 0 Å². The van der Waals surface area contributed by atoms with Crippen LogP contribution in [0, 0.1) is 5.92 Å². The van der Waals surface area contributed by atoms with Crippen molar-refractivity contribution in [2.45, 2.75) is 33.1 Å². The molecule has 0 amide bonds. The second-order valence-corrected chi connectivity index (χ2v) is 3.46. The summed E-state index contributed by atoms with van der Waals surface area (Å²) in [6.45, 7) is 3.76. The SMILES string of the molecule is COC(=O)/C(C)=C\CC[C@H](C)CC=O. The molecule has 0 saturated heterocycles. The fourth-order valence-electron chi connectivity index (χ4n) is 1.11. The number of allylic oxidation sites excluding steroid dienone is 1. The van der Waals surface area contributed by atoms with Gasteiger partial charge in [0, 0.05) is 12.0 Å². The number of carbonyl (C=O) groups excluding carboxylic acids is 2. The third-order valence-corrected chi connectivity index (χ3v) is 2.12. The average molecular weight is 198 g/mol. The van der Waals surface area contributed by atoms with E-state index in [1.807, 2.05) is 13.0 Å². The van der Waals surface area contributed by atoms with Crippen LogP contribution in [0.25, 0.3) is 0 Å². The van der Waals surface area contributed by atoms with E-state index in [-0.39, 0.29) is 5.97 Å². The molecule has 0 aliphatic heterocycles. The molecule has 0 aromatic heterocycles. The van der Waals surface area contributed by atoms with E-state index >= 15 is 0 Å². The van der Waals surface area contributed by atoms with Crippen molar-refractivity contribution in [3.05, 3.63) is 11.6 Å². The van der Waals surface area contributed by atoms with Gasteiger partial charge in [0.2, 0.25) is 0 Å². The number of rotatable bonds is 6. The Morgan fingerprint density at radius 1 is 1.50 bits per heavy atom. The first kappa shape index (κ1) is 12.9. The summed E-state index contributed by atoms with van der Waals surface area (Å²) >= 11 is 0. The maximum atomic E-state index is 11.0. The lowest BCUT2D eigenvalue weighted by atomic mass is 10.0. The summed E-state index contributed by atoms with van der Waals surface area (Å²) in [4.78, 5) is 21.1. The molecule has 0 rings (SSSR count). The molecule has 80 valence electrons. The summed E-state index contributed by atoms with van der Waals surface area (Å²) < 4.78 is 4.55. The van der Waals surface area contributed by atoms with Crippen LogP contribution in [0.5, 0.6) is 0 Å². The van der Waals surface area contributed by atoms with Crippen LogP contribution in [0.3, 0.4) is 0 Å². The van der Waals surface area contributed by atoms with E-state index in [0.717, 1.165) is 19.1 Å². The third-order valence-electron chi connectivity index (χ3n) is 2.12. The molecule has 0 saturated carbocycles. The van der Waals surface area contributed by atoms with E-state index in [1.54, 1.807) is 6.92 Å². The van der Waals surface area contributed by atoms with Crippen LogP contribution in [0.2, 0.25) is 0 Å². The standard InChI is InChI=1S/C11H18O3/c1-9(7-8-12)5-4-6-10(2)11(13)14-3/h6,8-9H,4-5,7H2,1-3H3/b10-6-/t9-/m0/s1. The highest BCUT2D eigenvalue weighted by Gasteiger charge is 2.03. The van der Waals surface area contributed by atoms with Crippen molar-refractivity contribution in [1.82, 2.24) is 0 Å². The normalized spacial score (nSPS) is 13.5. The minimum Gasteiger partial charge on any atom is -0.466 e. The molecule has 0 aromatic carbocycles. The molecule has 3 heteroatoms. The minimum absolute atomic E-state index is 0.284. The summed E-state index contributed by atoms with van der Waals surface area (Å²) in [5.74, 6) is 0.0993. The molecule has 3 nitrogen and oxygen atoms in total. The van der Waals surface area contributed by atoms with Crippen LogP contribution in [-0.2, 0) is 14.3 Å². The van der Waals surface area contributed by atoms with Gasteiger partial charge in [0.25, 0.3) is 0 Å². The Kier molecular flexibility index (Phi) is 6.72. The number of ether oxygens (including phenoxy) is 1. The molecule has 0 fully saturated rings. The molecule has 0 radical (unpaired) electrons. The van der Waals surface area contributed by atoms with E-state index in [2.05, 4.69) is 4.74 Å². The summed E-state index contributed by atoms with van der Waals surface area (Å²) in [5.41, 5.74) is 0.630. The molecule has 0 heterocycles. The Morgan fingerprint density at radius 3 is 2.64 bits per heavy atom. The van der Waals surface area contributed by atoms with Crippen LogP contribution < -0.4 is 0 Å². The van der Waals surface area contributed by atoms with Crippen LogP contribution in [0.15, 0.2) is 11.6 Å². The van der Waals surface area contributed by atoms with E-state index in [4.69, 9.17) is 0 Å². The van der Waals surface area contributed by atoms with Crippen molar-refractivity contribution >= 4 is 12.3 Å². The van der Waals surface area contributed by atoms with Crippen LogP contribution in [0.1, 0.15) is 33.1 Å². The molecule has 0 aromatic rings. The van der Waals surface area contributed by atoms with Crippen molar-refractivity contribution in [3.63, 3.8) is 0 Å². The van der Waals surface area contributed by atoms with Crippen LogP contribution in [0.4, 0.5) is 0 Å². The molecule has 1 atom stereocenters. The van der Waals surface area contributed by atoms with Crippen LogP contribution >= 0.6 is 0 Å². The highest BCUT2D eigenvalue weighted by atomic mass is 16.5. The minimum atomic E-state index is -0.284. The second-order valence-electron chi connectivity index (χ2n) is 3.46. The molecule has 0 bridgehead atoms. The number of hydrogen-bond donors (Lipinski definition) is 0. The van der Waals surface area contributed by atoms with E-state index in [0.29, 0.717) is 17.9 Å². The fraction of sp³-hybridized carbons (Fsp3) is 0.636. The lowest BCUT2D eigenvalue weighted by molar-refractivity contribution is -0.136. The maximum absolute atomic E-state index is 11.0. The molecule has 0 spiro atoms. The summed E-state index contributed by atoms with van der Waals surface area (Å²) in [5, 5.41) is 0. The zero-order chi connectivity index (χ0) is 11.0. The first-order valence-corrected chi connectivity index (χ1v) is 4.80. The molecule has 0 aliphatic carbocycles. The van der Waals surface area contributed by atoms with E-state index < -0.39 is 0 Å². The first-order chi connectivity index (χ1) is 6.61. The quantitative estimate of drug-likeness (QED) is 0.373. The van der Waals surface area contributed by atoms with E-state index in [9.17, 15) is 9.59 Å². The van der Waals surface area contributed by atoms with Gasteiger partial charge in [0.05, 0.1) is 7.11 Å². The Bertz CT molecular complexity index is 219. The summed E-state index contributed by atoms with van der Waals surface area (Å²) in [6, 6.07) is 0. The molecule has 0 N–H and O–H groups in total. The molecule has 14 heavy (non-hydrogen) atoms. The lowest BCUT2D eigenvalue weighted by Gasteiger charge is -2.04. The monoisotopic (exact) mass is 198 g/mol. The Morgan fingerprint density at radius 2 is 2.14 bits per heavy atom. The number of esters is 1. The number of carbonyl (C=O) groups is 2. The van der Waals surface area contributed by atoms with Crippen molar-refractivity contribution in [1.29, 1.82) is 0 Å². The van der Waals surface area contributed by atoms with Gasteiger partial charge in [-0.05, 0) is 25.7 Å². The van der Waals surface area contributed by atoms with Gasteiger partial charge in [-0.15, -0.1) is 0 Å². The largest absolute Gasteiger partial charge is 0.466 e. The van der Waals surface area contributed by atoms with Gasteiger partial charge in [-0.3, -0.25) is 0 Å². The Labute approximate surface area is 85.1 Å². The fourth-order valence-corrected chi connectivity index (χ4v) is 1.11. The Balaban J connectivity index is 3.80. The third kappa shape index (κ3) is 5.51. The number of hydrogen-bond acceptors (Lipinski definition) is 3. The van der Waals surface area contributed by atoms with Gasteiger partial charge in [-0.1, -0.05) is 13.0 Å². The highest BCUT2D eigenvalue weighted by Crippen LogP contribution is 2.10. The molecule has 0 aliphatic rings. The second kappa shape index (κ2) is 7.30. The molecule has 0 unspecified atom stereocenters. The van der Waals surface area contributed by atoms with Gasteiger partial charge in [-0.25, -0.2) is 4.79 Å². The zero-order valence-corrected chi connectivity index (χ0v) is 9.08. The number of methoxy groups -OCH3 is 1. The van der Waals surface area contributed by atoms with Crippen molar-refractivity contribution < 1.29 is 14.3 Å². The van der Waals surface area contributed by atoms with Crippen molar-refractivity contribution in [2.75, 3.05) is 7.11 Å². The maximum Gasteiger partial charge on any atom is 0.333 e. The first-order valence-electron chi connectivity index (χ1n) is 4.80. The smallest absolute Gasteiger partial charge is 0.333 e. The predicted octanol–water partition coefficient (Wildman–Crippen LogP) is 2.11. The van der Waals surface area contributed by atoms with Crippen molar-refractivity contribution in [2.24, 2.45) is 5.92 Å². The van der Waals surface area contributed by atoms with Gasteiger partial charge in [0.15, 0.2) is 0 Å².